The Labute approximate surface area is 90.8 Å². The van der Waals surface area contributed by atoms with Crippen molar-refractivity contribution in [2.75, 3.05) is 0 Å². The highest BCUT2D eigenvalue weighted by Gasteiger charge is 2.38. The smallest absolute Gasteiger partial charge is 0.412 e. The Balaban J connectivity index is 2.03. The van der Waals surface area contributed by atoms with Crippen LogP contribution in [0.15, 0.2) is 0 Å². The summed E-state index contributed by atoms with van der Waals surface area (Å²) in [7, 11) is 0. The predicted octanol–water partition coefficient (Wildman–Crippen LogP) is 2.16. The minimum absolute atomic E-state index is 0.0959. The van der Waals surface area contributed by atoms with Gasteiger partial charge in [0.2, 0.25) is 0 Å². The SMILES string of the molecule is CC(C)(C)OC(=O)N1[C@@H]2C#C[C@H]1CCC2. The molecule has 0 N–H and O–H groups in total. The van der Waals surface area contributed by atoms with Crippen molar-refractivity contribution in [1.29, 1.82) is 0 Å². The summed E-state index contributed by atoms with van der Waals surface area (Å²) in [6.07, 6.45) is 2.90. The lowest BCUT2D eigenvalue weighted by Crippen LogP contribution is -2.47. The number of amides is 1. The first-order valence-corrected chi connectivity index (χ1v) is 5.50. The van der Waals surface area contributed by atoms with Crippen LogP contribution in [0, 0.1) is 11.8 Å². The Kier molecular flexibility index (Phi) is 2.38. The lowest BCUT2D eigenvalue weighted by atomic mass is 10.0. The molecule has 0 unspecified atom stereocenters. The largest absolute Gasteiger partial charge is 0.444 e. The lowest BCUT2D eigenvalue weighted by Gasteiger charge is -2.34. The molecule has 15 heavy (non-hydrogen) atoms. The summed E-state index contributed by atoms with van der Waals surface area (Å²) in [5, 5.41) is 0. The number of carbonyl (C=O) groups is 1. The van der Waals surface area contributed by atoms with Gasteiger partial charge in [0.25, 0.3) is 0 Å². The monoisotopic (exact) mass is 207 g/mol. The highest BCUT2D eigenvalue weighted by atomic mass is 16.6. The van der Waals surface area contributed by atoms with E-state index in [0.29, 0.717) is 0 Å². The van der Waals surface area contributed by atoms with E-state index in [1.807, 2.05) is 20.8 Å². The van der Waals surface area contributed by atoms with Gasteiger partial charge in [0.15, 0.2) is 0 Å². The second kappa shape index (κ2) is 3.44. The van der Waals surface area contributed by atoms with Gasteiger partial charge in [-0.25, -0.2) is 4.79 Å². The van der Waals surface area contributed by atoms with Gasteiger partial charge in [0, 0.05) is 0 Å². The quantitative estimate of drug-likeness (QED) is 0.570. The van der Waals surface area contributed by atoms with Gasteiger partial charge >= 0.3 is 6.09 Å². The van der Waals surface area contributed by atoms with Crippen LogP contribution in [0.5, 0.6) is 0 Å². The van der Waals surface area contributed by atoms with Crippen molar-refractivity contribution in [2.45, 2.75) is 57.7 Å². The van der Waals surface area contributed by atoms with Crippen molar-refractivity contribution in [3.8, 4) is 11.8 Å². The van der Waals surface area contributed by atoms with Gasteiger partial charge in [-0.3, -0.25) is 4.90 Å². The van der Waals surface area contributed by atoms with E-state index in [0.717, 1.165) is 19.3 Å². The zero-order valence-electron chi connectivity index (χ0n) is 9.54. The van der Waals surface area contributed by atoms with Crippen LogP contribution < -0.4 is 0 Å². The van der Waals surface area contributed by atoms with E-state index in [9.17, 15) is 4.79 Å². The van der Waals surface area contributed by atoms with Crippen molar-refractivity contribution >= 4 is 6.09 Å². The second-order valence-electron chi connectivity index (χ2n) is 5.14. The van der Waals surface area contributed by atoms with Crippen LogP contribution >= 0.6 is 0 Å². The molecule has 82 valence electrons. The van der Waals surface area contributed by atoms with E-state index in [1.54, 1.807) is 4.90 Å². The second-order valence-corrected chi connectivity index (χ2v) is 5.14. The number of ether oxygens (including phenoxy) is 1. The molecule has 3 nitrogen and oxygen atoms in total. The average molecular weight is 207 g/mol. The van der Waals surface area contributed by atoms with Crippen molar-refractivity contribution in [3.05, 3.63) is 0 Å². The van der Waals surface area contributed by atoms with Crippen LogP contribution in [0.25, 0.3) is 0 Å². The van der Waals surface area contributed by atoms with Gasteiger partial charge in [-0.05, 0) is 40.0 Å². The van der Waals surface area contributed by atoms with Gasteiger partial charge in [0.05, 0.1) is 12.1 Å². The van der Waals surface area contributed by atoms with Crippen LogP contribution in [-0.4, -0.2) is 28.7 Å². The molecule has 2 heterocycles. The Hall–Kier alpha value is -1.17. The minimum Gasteiger partial charge on any atom is -0.444 e. The number of piperidine rings is 1. The number of rotatable bonds is 0. The van der Waals surface area contributed by atoms with Gasteiger partial charge in [-0.1, -0.05) is 11.8 Å². The summed E-state index contributed by atoms with van der Waals surface area (Å²) in [4.78, 5) is 13.7. The molecule has 3 heteroatoms. The fourth-order valence-electron chi connectivity index (χ4n) is 2.04. The molecule has 2 atom stereocenters. The Bertz CT molecular complexity index is 316. The number of nitrogens with zero attached hydrogens (tertiary/aromatic N) is 1. The summed E-state index contributed by atoms with van der Waals surface area (Å²) in [5.74, 6) is 6.22. The van der Waals surface area contributed by atoms with E-state index in [-0.39, 0.29) is 18.2 Å². The summed E-state index contributed by atoms with van der Waals surface area (Å²) >= 11 is 0. The first-order chi connectivity index (χ1) is 6.97. The topological polar surface area (TPSA) is 29.5 Å². The van der Waals surface area contributed by atoms with E-state index >= 15 is 0 Å². The molecule has 0 aromatic heterocycles. The highest BCUT2D eigenvalue weighted by molar-refractivity contribution is 5.71. The van der Waals surface area contributed by atoms with Gasteiger partial charge in [0.1, 0.15) is 5.60 Å². The third kappa shape index (κ3) is 2.09. The van der Waals surface area contributed by atoms with Crippen molar-refractivity contribution in [2.24, 2.45) is 0 Å². The molecule has 0 aliphatic carbocycles. The number of fused-ring (bicyclic) bond motifs is 2. The molecule has 0 saturated carbocycles. The van der Waals surface area contributed by atoms with Crippen molar-refractivity contribution in [3.63, 3.8) is 0 Å². The van der Waals surface area contributed by atoms with Crippen molar-refractivity contribution < 1.29 is 9.53 Å². The maximum absolute atomic E-state index is 11.9. The molecule has 0 aromatic rings. The van der Waals surface area contributed by atoms with Crippen LogP contribution in [0.1, 0.15) is 40.0 Å². The zero-order chi connectivity index (χ0) is 11.1. The fraction of sp³-hybridized carbons (Fsp3) is 0.750. The Morgan fingerprint density at radius 1 is 1.27 bits per heavy atom. The Morgan fingerprint density at radius 2 is 1.80 bits per heavy atom. The van der Waals surface area contributed by atoms with E-state index in [1.165, 1.54) is 0 Å². The molecular formula is C12H17NO2. The van der Waals surface area contributed by atoms with Gasteiger partial charge < -0.3 is 4.74 Å². The molecule has 0 aromatic carbocycles. The number of hydrogen-bond acceptors (Lipinski definition) is 2. The van der Waals surface area contributed by atoms with Crippen LogP contribution in [0.3, 0.4) is 0 Å². The average Bonchev–Trinajstić information content (AvgIpc) is 2.34. The van der Waals surface area contributed by atoms with Gasteiger partial charge in [-0.2, -0.15) is 0 Å². The molecule has 0 radical (unpaired) electrons. The molecule has 2 rings (SSSR count). The standard InChI is InChI=1S/C12H17NO2/c1-12(2,3)15-11(14)13-9-5-4-6-10(13)8-7-9/h9-10H,4-6H2,1-3H3/t9-,10+. The van der Waals surface area contributed by atoms with Crippen LogP contribution in [-0.2, 0) is 4.74 Å². The summed E-state index contributed by atoms with van der Waals surface area (Å²) in [6, 6.07) is 0.192. The minimum atomic E-state index is -0.423. The molecule has 1 saturated heterocycles. The van der Waals surface area contributed by atoms with Crippen LogP contribution in [0.4, 0.5) is 4.79 Å². The maximum atomic E-state index is 11.9. The van der Waals surface area contributed by atoms with E-state index < -0.39 is 5.60 Å². The van der Waals surface area contributed by atoms with Crippen LogP contribution in [0.2, 0.25) is 0 Å². The normalized spacial score (nSPS) is 28.3. The molecule has 2 aliphatic rings. The summed E-state index contributed by atoms with van der Waals surface area (Å²) in [6.45, 7) is 5.66. The summed E-state index contributed by atoms with van der Waals surface area (Å²) < 4.78 is 5.36. The molecule has 1 fully saturated rings. The molecule has 2 bridgehead atoms. The van der Waals surface area contributed by atoms with E-state index in [2.05, 4.69) is 11.8 Å². The fourth-order valence-corrected chi connectivity index (χ4v) is 2.04. The van der Waals surface area contributed by atoms with Crippen molar-refractivity contribution in [1.82, 2.24) is 4.90 Å². The number of hydrogen-bond donors (Lipinski definition) is 0. The van der Waals surface area contributed by atoms with E-state index in [4.69, 9.17) is 4.74 Å². The zero-order valence-corrected chi connectivity index (χ0v) is 9.54. The first kappa shape index (κ1) is 10.4. The maximum Gasteiger partial charge on any atom is 0.412 e. The molecule has 1 amide bonds. The highest BCUT2D eigenvalue weighted by Crippen LogP contribution is 2.28. The third-order valence-corrected chi connectivity index (χ3v) is 2.65. The third-order valence-electron chi connectivity index (χ3n) is 2.65. The molecule has 0 spiro atoms. The molecule has 2 aliphatic heterocycles. The predicted molar refractivity (Wildman–Crippen MR) is 57.3 cm³/mol. The number of carbonyl (C=O) groups excluding carboxylic acids is 1. The summed E-state index contributed by atoms with van der Waals surface area (Å²) in [5.41, 5.74) is -0.423. The first-order valence-electron chi connectivity index (χ1n) is 5.50. The lowest BCUT2D eigenvalue weighted by molar-refractivity contribution is 0.0113. The van der Waals surface area contributed by atoms with Gasteiger partial charge in [-0.15, -0.1) is 0 Å². The Morgan fingerprint density at radius 3 is 2.27 bits per heavy atom. The molecular weight excluding hydrogens is 190 g/mol.